The van der Waals surface area contributed by atoms with E-state index in [1.807, 2.05) is 6.20 Å². The van der Waals surface area contributed by atoms with Crippen LogP contribution in [0.3, 0.4) is 0 Å². The quantitative estimate of drug-likeness (QED) is 0.813. The molecule has 1 aromatic carbocycles. The monoisotopic (exact) mass is 287 g/mol. The molecule has 3 nitrogen and oxygen atoms in total. The first-order valence-corrected chi connectivity index (χ1v) is 7.50. The number of alkyl halides is 1. The Morgan fingerprint density at radius 2 is 2.05 bits per heavy atom. The normalized spacial score (nSPS) is 15.1. The third kappa shape index (κ3) is 2.84. The summed E-state index contributed by atoms with van der Waals surface area (Å²) >= 11 is 5.83. The highest BCUT2D eigenvalue weighted by atomic mass is 35.5. The van der Waals surface area contributed by atoms with Crippen LogP contribution < -0.4 is 0 Å². The fourth-order valence-electron chi connectivity index (χ4n) is 2.51. The van der Waals surface area contributed by atoms with Crippen LogP contribution in [0.2, 0.25) is 0 Å². The van der Waals surface area contributed by atoms with Crippen LogP contribution in [0, 0.1) is 6.92 Å². The van der Waals surface area contributed by atoms with Crippen molar-refractivity contribution in [3.05, 3.63) is 47.3 Å². The third-order valence-electron chi connectivity index (χ3n) is 3.74. The van der Waals surface area contributed by atoms with Crippen LogP contribution in [-0.4, -0.2) is 33.8 Å². The Morgan fingerprint density at radius 3 is 2.80 bits per heavy atom. The molecule has 0 atom stereocenters. The summed E-state index contributed by atoms with van der Waals surface area (Å²) in [6.45, 7) is 4.93. The molecule has 0 amide bonds. The van der Waals surface area contributed by atoms with Gasteiger partial charge in [0.05, 0.1) is 5.69 Å². The molecule has 0 saturated heterocycles. The van der Waals surface area contributed by atoms with Gasteiger partial charge in [0.2, 0.25) is 0 Å². The van der Waals surface area contributed by atoms with Gasteiger partial charge >= 0.3 is 0 Å². The minimum absolute atomic E-state index is 0.672. The van der Waals surface area contributed by atoms with Crippen molar-refractivity contribution >= 4 is 11.6 Å². The SMILES string of the molecule is Cc1ccc(-c2ncc3c(n2)CN(CCCl)CC3)cc1. The fraction of sp³-hybridized carbons (Fsp3) is 0.375. The summed E-state index contributed by atoms with van der Waals surface area (Å²) in [5.74, 6) is 1.49. The summed E-state index contributed by atoms with van der Waals surface area (Å²) in [6.07, 6.45) is 3.00. The number of fused-ring (bicyclic) bond motifs is 1. The van der Waals surface area contributed by atoms with E-state index in [1.54, 1.807) is 0 Å². The number of benzene rings is 1. The highest BCUT2D eigenvalue weighted by Crippen LogP contribution is 2.21. The van der Waals surface area contributed by atoms with E-state index in [2.05, 4.69) is 41.1 Å². The zero-order valence-corrected chi connectivity index (χ0v) is 12.4. The first kappa shape index (κ1) is 13.5. The van der Waals surface area contributed by atoms with Crippen molar-refractivity contribution in [1.29, 1.82) is 0 Å². The molecule has 4 heteroatoms. The van der Waals surface area contributed by atoms with E-state index in [1.165, 1.54) is 11.1 Å². The topological polar surface area (TPSA) is 29.0 Å². The van der Waals surface area contributed by atoms with Gasteiger partial charge in [-0.1, -0.05) is 29.8 Å². The van der Waals surface area contributed by atoms with Crippen molar-refractivity contribution in [2.24, 2.45) is 0 Å². The van der Waals surface area contributed by atoms with E-state index < -0.39 is 0 Å². The molecular formula is C16H18ClN3. The van der Waals surface area contributed by atoms with Gasteiger partial charge in [-0.15, -0.1) is 11.6 Å². The zero-order chi connectivity index (χ0) is 13.9. The number of hydrogen-bond donors (Lipinski definition) is 0. The second-order valence-electron chi connectivity index (χ2n) is 5.25. The number of nitrogens with zero attached hydrogens (tertiary/aromatic N) is 3. The molecular weight excluding hydrogens is 270 g/mol. The lowest BCUT2D eigenvalue weighted by molar-refractivity contribution is 0.265. The summed E-state index contributed by atoms with van der Waals surface area (Å²) in [4.78, 5) is 11.6. The third-order valence-corrected chi connectivity index (χ3v) is 3.90. The van der Waals surface area contributed by atoms with Gasteiger partial charge < -0.3 is 0 Å². The van der Waals surface area contributed by atoms with Crippen molar-refractivity contribution in [1.82, 2.24) is 14.9 Å². The molecule has 0 aliphatic carbocycles. The van der Waals surface area contributed by atoms with E-state index in [0.717, 1.165) is 43.1 Å². The second-order valence-corrected chi connectivity index (χ2v) is 5.62. The van der Waals surface area contributed by atoms with Crippen LogP contribution in [0.5, 0.6) is 0 Å². The molecule has 1 aromatic heterocycles. The van der Waals surface area contributed by atoms with Gasteiger partial charge in [0, 0.05) is 37.3 Å². The van der Waals surface area contributed by atoms with E-state index in [0.29, 0.717) is 5.88 Å². The summed E-state index contributed by atoms with van der Waals surface area (Å²) in [5, 5.41) is 0. The first-order valence-electron chi connectivity index (χ1n) is 6.96. The Balaban J connectivity index is 1.88. The number of halogens is 1. The molecule has 20 heavy (non-hydrogen) atoms. The van der Waals surface area contributed by atoms with Gasteiger partial charge in [-0.3, -0.25) is 4.90 Å². The molecule has 1 aliphatic heterocycles. The molecule has 2 heterocycles. The van der Waals surface area contributed by atoms with Crippen LogP contribution >= 0.6 is 11.6 Å². The molecule has 0 radical (unpaired) electrons. The van der Waals surface area contributed by atoms with Crippen molar-refractivity contribution in [2.45, 2.75) is 19.9 Å². The van der Waals surface area contributed by atoms with Crippen molar-refractivity contribution < 1.29 is 0 Å². The molecule has 3 rings (SSSR count). The summed E-state index contributed by atoms with van der Waals surface area (Å²) < 4.78 is 0. The Morgan fingerprint density at radius 1 is 1.25 bits per heavy atom. The Kier molecular flexibility index (Phi) is 3.99. The zero-order valence-electron chi connectivity index (χ0n) is 11.6. The molecule has 0 saturated carbocycles. The molecule has 0 fully saturated rings. The molecule has 0 bridgehead atoms. The van der Waals surface area contributed by atoms with Gasteiger partial charge in [-0.25, -0.2) is 9.97 Å². The van der Waals surface area contributed by atoms with E-state index >= 15 is 0 Å². The van der Waals surface area contributed by atoms with Crippen LogP contribution in [0.15, 0.2) is 30.5 Å². The van der Waals surface area contributed by atoms with Crippen molar-refractivity contribution in [3.8, 4) is 11.4 Å². The highest BCUT2D eigenvalue weighted by Gasteiger charge is 2.18. The molecule has 0 unspecified atom stereocenters. The van der Waals surface area contributed by atoms with E-state index in [9.17, 15) is 0 Å². The molecule has 0 spiro atoms. The maximum absolute atomic E-state index is 5.83. The average molecular weight is 288 g/mol. The predicted molar refractivity (Wildman–Crippen MR) is 81.9 cm³/mol. The molecule has 104 valence electrons. The maximum Gasteiger partial charge on any atom is 0.159 e. The lowest BCUT2D eigenvalue weighted by Gasteiger charge is -2.27. The number of hydrogen-bond acceptors (Lipinski definition) is 3. The largest absolute Gasteiger partial charge is 0.296 e. The van der Waals surface area contributed by atoms with Crippen LogP contribution in [0.1, 0.15) is 16.8 Å². The standard InChI is InChI=1S/C16H18ClN3/c1-12-2-4-13(5-3-12)16-18-10-14-6-8-20(9-7-17)11-15(14)19-16/h2-5,10H,6-9,11H2,1H3. The molecule has 0 N–H and O–H groups in total. The molecule has 1 aliphatic rings. The Hall–Kier alpha value is -1.45. The minimum atomic E-state index is 0.672. The Labute approximate surface area is 124 Å². The predicted octanol–water partition coefficient (Wildman–Crippen LogP) is 3.05. The van der Waals surface area contributed by atoms with Crippen LogP contribution in [0.4, 0.5) is 0 Å². The highest BCUT2D eigenvalue weighted by molar-refractivity contribution is 6.18. The van der Waals surface area contributed by atoms with E-state index in [4.69, 9.17) is 16.6 Å². The van der Waals surface area contributed by atoms with Gasteiger partial charge in [-0.05, 0) is 18.9 Å². The van der Waals surface area contributed by atoms with Crippen molar-refractivity contribution in [3.63, 3.8) is 0 Å². The van der Waals surface area contributed by atoms with Crippen molar-refractivity contribution in [2.75, 3.05) is 19.0 Å². The fourth-order valence-corrected chi connectivity index (χ4v) is 2.75. The van der Waals surface area contributed by atoms with E-state index in [-0.39, 0.29) is 0 Å². The maximum atomic E-state index is 5.83. The van der Waals surface area contributed by atoms with Gasteiger partial charge in [0.15, 0.2) is 5.82 Å². The summed E-state index contributed by atoms with van der Waals surface area (Å²) in [5.41, 5.74) is 4.74. The second kappa shape index (κ2) is 5.90. The number of aromatic nitrogens is 2. The van der Waals surface area contributed by atoms with Gasteiger partial charge in [-0.2, -0.15) is 0 Å². The summed E-state index contributed by atoms with van der Waals surface area (Å²) in [6, 6.07) is 8.35. The summed E-state index contributed by atoms with van der Waals surface area (Å²) in [7, 11) is 0. The Bertz CT molecular complexity index is 595. The average Bonchev–Trinajstić information content (AvgIpc) is 2.48. The van der Waals surface area contributed by atoms with Crippen LogP contribution in [0.25, 0.3) is 11.4 Å². The van der Waals surface area contributed by atoms with Gasteiger partial charge in [0.1, 0.15) is 0 Å². The van der Waals surface area contributed by atoms with Gasteiger partial charge in [0.25, 0.3) is 0 Å². The lowest BCUT2D eigenvalue weighted by Crippen LogP contribution is -2.32. The molecule has 2 aromatic rings. The first-order chi connectivity index (χ1) is 9.76. The lowest BCUT2D eigenvalue weighted by atomic mass is 10.1. The number of aryl methyl sites for hydroxylation is 1. The smallest absolute Gasteiger partial charge is 0.159 e. The minimum Gasteiger partial charge on any atom is -0.296 e. The number of rotatable bonds is 3. The van der Waals surface area contributed by atoms with Crippen LogP contribution in [-0.2, 0) is 13.0 Å².